The fourth-order valence-corrected chi connectivity index (χ4v) is 4.62. The van der Waals surface area contributed by atoms with E-state index in [2.05, 4.69) is 21.6 Å². The molecule has 0 aliphatic carbocycles. The van der Waals surface area contributed by atoms with Crippen molar-refractivity contribution in [1.82, 2.24) is 20.4 Å². The molecule has 2 amide bonds. The Morgan fingerprint density at radius 3 is 2.62 bits per heavy atom. The number of hydrogen-bond acceptors (Lipinski definition) is 5. The fraction of sp³-hybridized carbons (Fsp3) is 0.500. The number of hydrogen-bond donors (Lipinski definition) is 2. The van der Waals surface area contributed by atoms with E-state index < -0.39 is 5.41 Å². The van der Waals surface area contributed by atoms with Gasteiger partial charge in [0.2, 0.25) is 5.91 Å². The van der Waals surface area contributed by atoms with Crippen LogP contribution in [0.3, 0.4) is 0 Å². The van der Waals surface area contributed by atoms with Crippen molar-refractivity contribution >= 4 is 11.8 Å². The average Bonchev–Trinajstić information content (AvgIpc) is 2.81. The minimum atomic E-state index is -0.484. The number of carbonyl (C=O) groups excluding carboxylic acids is 2. The molecule has 8 heteroatoms. The fourth-order valence-electron chi connectivity index (χ4n) is 4.62. The third-order valence-corrected chi connectivity index (χ3v) is 6.58. The summed E-state index contributed by atoms with van der Waals surface area (Å²) in [7, 11) is 0. The van der Waals surface area contributed by atoms with E-state index in [-0.39, 0.29) is 29.1 Å². The number of nitrogens with zero attached hydrogens (tertiary/aromatic N) is 2. The molecule has 2 aromatic rings. The van der Waals surface area contributed by atoms with Crippen LogP contribution >= 0.6 is 0 Å². The summed E-state index contributed by atoms with van der Waals surface area (Å²) in [4.78, 5) is 39.0. The maximum Gasteiger partial charge on any atom is 0.274 e. The number of ether oxygens (including phenoxy) is 1. The lowest BCUT2D eigenvalue weighted by Gasteiger charge is -2.41. The third kappa shape index (κ3) is 4.84. The van der Waals surface area contributed by atoms with Gasteiger partial charge in [0.15, 0.2) is 0 Å². The summed E-state index contributed by atoms with van der Waals surface area (Å²) in [5.41, 5.74) is 0.592. The van der Waals surface area contributed by atoms with Crippen molar-refractivity contribution in [3.63, 3.8) is 0 Å². The molecule has 2 N–H and O–H groups in total. The van der Waals surface area contributed by atoms with E-state index in [1.807, 2.05) is 25.1 Å². The predicted molar refractivity (Wildman–Crippen MR) is 120 cm³/mol. The number of likely N-dealkylation sites (tertiary alicyclic amines) is 1. The van der Waals surface area contributed by atoms with Gasteiger partial charge in [-0.15, -0.1) is 0 Å². The number of rotatable bonds is 1. The van der Waals surface area contributed by atoms with E-state index in [9.17, 15) is 14.4 Å². The number of aromatic amines is 1. The number of benzene rings is 1. The lowest BCUT2D eigenvalue weighted by molar-refractivity contribution is -0.135. The Balaban J connectivity index is 1.45. The van der Waals surface area contributed by atoms with Crippen LogP contribution < -0.4 is 15.6 Å². The summed E-state index contributed by atoms with van der Waals surface area (Å²) in [6.07, 6.45) is 4.86. The second-order valence-electron chi connectivity index (χ2n) is 8.88. The summed E-state index contributed by atoms with van der Waals surface area (Å²) in [5.74, 6) is 0.728. The van der Waals surface area contributed by atoms with Crippen molar-refractivity contribution < 1.29 is 14.3 Å². The molecule has 1 fully saturated rings. The Labute approximate surface area is 187 Å². The number of nitrogens with one attached hydrogen (secondary N) is 2. The highest BCUT2D eigenvalue weighted by Gasteiger charge is 2.42. The minimum Gasteiger partial charge on any atom is -0.491 e. The van der Waals surface area contributed by atoms with Gasteiger partial charge in [-0.1, -0.05) is 24.6 Å². The van der Waals surface area contributed by atoms with Gasteiger partial charge in [0, 0.05) is 19.2 Å². The summed E-state index contributed by atoms with van der Waals surface area (Å²) in [6, 6.07) is 10.7. The van der Waals surface area contributed by atoms with Gasteiger partial charge in [0.05, 0.1) is 11.5 Å². The van der Waals surface area contributed by atoms with Crippen LogP contribution in [0.1, 0.15) is 55.1 Å². The molecule has 8 nitrogen and oxygen atoms in total. The molecule has 0 bridgehead atoms. The monoisotopic (exact) mass is 438 g/mol. The molecule has 2 aliphatic rings. The minimum absolute atomic E-state index is 0.0525. The Kier molecular flexibility index (Phi) is 6.58. The van der Waals surface area contributed by atoms with Gasteiger partial charge in [-0.25, -0.2) is 5.10 Å². The van der Waals surface area contributed by atoms with Crippen LogP contribution in [-0.4, -0.2) is 52.6 Å². The molecule has 1 saturated heterocycles. The number of aromatic nitrogens is 2. The zero-order valence-corrected chi connectivity index (χ0v) is 18.4. The highest BCUT2D eigenvalue weighted by molar-refractivity contribution is 5.92. The number of piperidine rings is 1. The van der Waals surface area contributed by atoms with Crippen LogP contribution in [-0.2, 0) is 11.2 Å². The molecular weight excluding hydrogens is 408 g/mol. The maximum absolute atomic E-state index is 13.3. The van der Waals surface area contributed by atoms with E-state index in [1.165, 1.54) is 17.7 Å². The smallest absolute Gasteiger partial charge is 0.274 e. The second kappa shape index (κ2) is 9.54. The SMILES string of the molecule is C[C@@H]1COc2ccccc2CCCCC2(CCN(C(=O)c3ccc(=O)[nH]n3)CC2)C(=O)N1. The maximum atomic E-state index is 13.3. The molecule has 0 saturated carbocycles. The van der Waals surface area contributed by atoms with E-state index in [1.54, 1.807) is 4.90 Å². The van der Waals surface area contributed by atoms with E-state index >= 15 is 0 Å². The number of fused-ring (bicyclic) bond motifs is 1. The topological polar surface area (TPSA) is 104 Å². The van der Waals surface area contributed by atoms with Gasteiger partial charge in [-0.3, -0.25) is 14.4 Å². The van der Waals surface area contributed by atoms with Gasteiger partial charge in [0.25, 0.3) is 11.5 Å². The van der Waals surface area contributed by atoms with Crippen LogP contribution in [0.5, 0.6) is 5.75 Å². The van der Waals surface area contributed by atoms with Crippen LogP contribution in [0.15, 0.2) is 41.2 Å². The first-order valence-corrected chi connectivity index (χ1v) is 11.3. The number of carbonyl (C=O) groups is 2. The molecule has 1 aromatic heterocycles. The summed E-state index contributed by atoms with van der Waals surface area (Å²) in [5, 5.41) is 9.31. The van der Waals surface area contributed by atoms with Crippen LogP contribution in [0, 0.1) is 5.41 Å². The highest BCUT2D eigenvalue weighted by atomic mass is 16.5. The number of para-hydroxylation sites is 1. The van der Waals surface area contributed by atoms with E-state index in [0.717, 1.165) is 31.4 Å². The van der Waals surface area contributed by atoms with Crippen molar-refractivity contribution in [3.8, 4) is 5.75 Å². The van der Waals surface area contributed by atoms with Crippen molar-refractivity contribution in [2.45, 2.75) is 51.5 Å². The standard InChI is InChI=1S/C24H30N4O4/c1-17-16-32-20-8-3-2-6-18(20)7-4-5-11-24(23(31)25-17)12-14-28(15-13-24)22(30)19-9-10-21(29)27-26-19/h2-3,6,8-10,17H,4-5,7,11-16H2,1H3,(H,25,31)(H,27,29)/t17-/m1/s1. The van der Waals surface area contributed by atoms with Gasteiger partial charge >= 0.3 is 0 Å². The Morgan fingerprint density at radius 2 is 1.88 bits per heavy atom. The molecule has 4 rings (SSSR count). The van der Waals surface area contributed by atoms with Gasteiger partial charge in [-0.2, -0.15) is 5.10 Å². The molecule has 1 aromatic carbocycles. The van der Waals surface area contributed by atoms with Crippen LogP contribution in [0.4, 0.5) is 0 Å². The Hall–Kier alpha value is -3.16. The highest BCUT2D eigenvalue weighted by Crippen LogP contribution is 2.38. The van der Waals surface area contributed by atoms with E-state index in [4.69, 9.17) is 4.74 Å². The molecular formula is C24H30N4O4. The van der Waals surface area contributed by atoms with Crippen LogP contribution in [0.25, 0.3) is 0 Å². The van der Waals surface area contributed by atoms with E-state index in [0.29, 0.717) is 32.5 Å². The first-order valence-electron chi connectivity index (χ1n) is 11.3. The van der Waals surface area contributed by atoms with Crippen molar-refractivity contribution in [1.29, 1.82) is 0 Å². The predicted octanol–water partition coefficient (Wildman–Crippen LogP) is 2.30. The summed E-state index contributed by atoms with van der Waals surface area (Å²) in [6.45, 7) is 3.35. The average molecular weight is 439 g/mol. The van der Waals surface area contributed by atoms with Crippen molar-refractivity contribution in [3.05, 3.63) is 58.0 Å². The van der Waals surface area contributed by atoms with Gasteiger partial charge in [0.1, 0.15) is 18.1 Å². The number of aryl methyl sites for hydroxylation is 1. The Bertz CT molecular complexity index is 1010. The normalized spacial score (nSPS) is 21.5. The number of H-pyrrole nitrogens is 1. The quantitative estimate of drug-likeness (QED) is 0.711. The zero-order valence-electron chi connectivity index (χ0n) is 18.4. The Morgan fingerprint density at radius 1 is 1.09 bits per heavy atom. The molecule has 0 radical (unpaired) electrons. The molecule has 32 heavy (non-hydrogen) atoms. The third-order valence-electron chi connectivity index (χ3n) is 6.58. The zero-order chi connectivity index (χ0) is 22.6. The first kappa shape index (κ1) is 22.0. The van der Waals surface area contributed by atoms with Gasteiger partial charge < -0.3 is 15.0 Å². The summed E-state index contributed by atoms with van der Waals surface area (Å²) >= 11 is 0. The second-order valence-corrected chi connectivity index (χ2v) is 8.88. The van der Waals surface area contributed by atoms with Crippen molar-refractivity contribution in [2.75, 3.05) is 19.7 Å². The first-order chi connectivity index (χ1) is 15.5. The lowest BCUT2D eigenvalue weighted by atomic mass is 9.73. The number of amides is 2. The van der Waals surface area contributed by atoms with Crippen LogP contribution in [0.2, 0.25) is 0 Å². The molecule has 1 atom stereocenters. The molecule has 2 aliphatic heterocycles. The summed E-state index contributed by atoms with van der Waals surface area (Å²) < 4.78 is 6.00. The lowest BCUT2D eigenvalue weighted by Crippen LogP contribution is -2.52. The molecule has 170 valence electrons. The largest absolute Gasteiger partial charge is 0.491 e. The van der Waals surface area contributed by atoms with Crippen molar-refractivity contribution in [2.24, 2.45) is 5.41 Å². The molecule has 3 heterocycles. The molecule has 0 unspecified atom stereocenters. The molecule has 1 spiro atoms. The van der Waals surface area contributed by atoms with Gasteiger partial charge in [-0.05, 0) is 56.7 Å².